The smallest absolute Gasteiger partial charge is 0.421 e. The molecule has 4 nitrogen and oxygen atoms in total. The van der Waals surface area contributed by atoms with E-state index in [1.54, 1.807) is 0 Å². The van der Waals surface area contributed by atoms with Crippen LogP contribution in [0.1, 0.15) is 30.5 Å². The van der Waals surface area contributed by atoms with Crippen molar-refractivity contribution in [1.29, 1.82) is 0 Å². The number of hydrogen-bond donors (Lipinski definition) is 3. The number of aliphatic carboxylic acids is 1. The number of halogens is 4. The lowest BCUT2D eigenvalue weighted by Gasteiger charge is -2.27. The Kier molecular flexibility index (Phi) is 4.83. The number of carboxylic acid groups (broad SMARTS) is 1. The topological polar surface area (TPSA) is 83.5 Å². The normalized spacial score (nSPS) is 16.6. The molecule has 0 amide bonds. The third-order valence-corrected chi connectivity index (χ3v) is 3.31. The van der Waals surface area contributed by atoms with Crippen molar-refractivity contribution < 1.29 is 28.2 Å². The summed E-state index contributed by atoms with van der Waals surface area (Å²) in [6.07, 6.45) is -5.29. The molecule has 0 saturated heterocycles. The van der Waals surface area contributed by atoms with Gasteiger partial charge in [-0.15, -0.1) is 0 Å². The monoisotopic (exact) mass is 355 g/mol. The predicted octanol–water partition coefficient (Wildman–Crippen LogP) is 2.69. The first-order valence-electron chi connectivity index (χ1n) is 5.52. The minimum Gasteiger partial charge on any atom is -0.481 e. The summed E-state index contributed by atoms with van der Waals surface area (Å²) in [6.45, 7) is 0.626. The molecule has 1 aromatic rings. The highest BCUT2D eigenvalue weighted by molar-refractivity contribution is 9.10. The van der Waals surface area contributed by atoms with Gasteiger partial charge in [-0.25, -0.2) is 0 Å². The lowest BCUT2D eigenvalue weighted by Crippen LogP contribution is -2.39. The summed E-state index contributed by atoms with van der Waals surface area (Å²) in [5, 5.41) is 18.3. The number of benzene rings is 1. The second kappa shape index (κ2) is 5.71. The van der Waals surface area contributed by atoms with Crippen LogP contribution in [0.4, 0.5) is 13.2 Å². The number of carbonyl (C=O) groups is 1. The molecule has 0 aromatic heterocycles. The van der Waals surface area contributed by atoms with Crippen LogP contribution in [0, 0.1) is 0 Å². The highest BCUT2D eigenvalue weighted by Gasteiger charge is 2.51. The van der Waals surface area contributed by atoms with Crippen molar-refractivity contribution in [3.63, 3.8) is 0 Å². The molecular weight excluding hydrogens is 343 g/mol. The molecule has 2 atom stereocenters. The van der Waals surface area contributed by atoms with Gasteiger partial charge in [0.05, 0.1) is 6.42 Å². The summed E-state index contributed by atoms with van der Waals surface area (Å²) in [4.78, 5) is 10.6. The minimum absolute atomic E-state index is 0.196. The van der Waals surface area contributed by atoms with Crippen molar-refractivity contribution in [3.8, 4) is 0 Å². The largest absolute Gasteiger partial charge is 0.481 e. The molecule has 20 heavy (non-hydrogen) atoms. The van der Waals surface area contributed by atoms with Gasteiger partial charge in [0.25, 0.3) is 0 Å². The van der Waals surface area contributed by atoms with Crippen molar-refractivity contribution in [2.75, 3.05) is 0 Å². The van der Waals surface area contributed by atoms with E-state index >= 15 is 0 Å². The van der Waals surface area contributed by atoms with E-state index in [0.717, 1.165) is 12.1 Å². The number of nitrogens with two attached hydrogens (primary N) is 1. The van der Waals surface area contributed by atoms with Crippen LogP contribution in [0.15, 0.2) is 22.7 Å². The fourth-order valence-electron chi connectivity index (χ4n) is 1.58. The zero-order chi connectivity index (χ0) is 15.7. The molecule has 1 rings (SSSR count). The summed E-state index contributed by atoms with van der Waals surface area (Å²) < 4.78 is 38.7. The van der Waals surface area contributed by atoms with Crippen LogP contribution < -0.4 is 5.73 Å². The molecule has 0 fully saturated rings. The van der Waals surface area contributed by atoms with E-state index in [2.05, 4.69) is 15.9 Å². The van der Waals surface area contributed by atoms with Crippen molar-refractivity contribution >= 4 is 21.9 Å². The van der Waals surface area contributed by atoms with Crippen molar-refractivity contribution in [3.05, 3.63) is 33.8 Å². The van der Waals surface area contributed by atoms with Crippen LogP contribution in [0.3, 0.4) is 0 Å². The van der Waals surface area contributed by atoms with E-state index in [1.165, 1.54) is 6.07 Å². The maximum atomic E-state index is 12.8. The van der Waals surface area contributed by atoms with Gasteiger partial charge in [-0.05, 0) is 30.2 Å². The molecule has 0 aliphatic rings. The molecule has 2 unspecified atom stereocenters. The van der Waals surface area contributed by atoms with Gasteiger partial charge in [0, 0.05) is 10.5 Å². The zero-order valence-corrected chi connectivity index (χ0v) is 12.0. The maximum absolute atomic E-state index is 12.8. The van der Waals surface area contributed by atoms with Gasteiger partial charge in [-0.3, -0.25) is 4.79 Å². The van der Waals surface area contributed by atoms with Crippen molar-refractivity contribution in [2.45, 2.75) is 31.2 Å². The first-order chi connectivity index (χ1) is 8.95. The van der Waals surface area contributed by atoms with Crippen LogP contribution in [-0.2, 0) is 10.4 Å². The predicted molar refractivity (Wildman–Crippen MR) is 68.9 cm³/mol. The second-order valence-corrected chi connectivity index (χ2v) is 5.46. The Balaban J connectivity index is 3.25. The molecule has 4 N–H and O–H groups in total. The Morgan fingerprint density at radius 1 is 1.40 bits per heavy atom. The highest BCUT2D eigenvalue weighted by Crippen LogP contribution is 2.40. The highest BCUT2D eigenvalue weighted by atomic mass is 79.9. The van der Waals surface area contributed by atoms with Gasteiger partial charge in [0.2, 0.25) is 0 Å². The van der Waals surface area contributed by atoms with Crippen LogP contribution in [0.2, 0.25) is 0 Å². The molecule has 0 heterocycles. The molecule has 0 aliphatic heterocycles. The average Bonchev–Trinajstić information content (AvgIpc) is 2.25. The number of carboxylic acids is 1. The average molecular weight is 356 g/mol. The zero-order valence-electron chi connectivity index (χ0n) is 10.4. The quantitative estimate of drug-likeness (QED) is 0.775. The number of alkyl halides is 3. The first-order valence-corrected chi connectivity index (χ1v) is 6.32. The third kappa shape index (κ3) is 3.71. The van der Waals surface area contributed by atoms with Crippen molar-refractivity contribution in [2.24, 2.45) is 5.73 Å². The summed E-state index contributed by atoms with van der Waals surface area (Å²) in [5.41, 5.74) is 2.36. The van der Waals surface area contributed by atoms with Crippen LogP contribution in [0.25, 0.3) is 0 Å². The van der Waals surface area contributed by atoms with Crippen LogP contribution in [0.5, 0.6) is 0 Å². The molecular formula is C12H13BrF3NO3. The molecule has 0 radical (unpaired) electrons. The lowest BCUT2D eigenvalue weighted by molar-refractivity contribution is -0.258. The molecule has 0 saturated carbocycles. The molecule has 0 spiro atoms. The molecule has 1 aromatic carbocycles. The van der Waals surface area contributed by atoms with E-state index in [9.17, 15) is 23.1 Å². The standard InChI is InChI=1S/C12H13BrF3NO3/c1-11(20,12(14,15)16)7-2-6(3-8(13)4-7)9(17)5-10(18)19/h2-4,9,20H,5,17H2,1H3,(H,18,19). The van der Waals surface area contributed by atoms with E-state index in [-0.39, 0.29) is 10.0 Å². The lowest BCUT2D eigenvalue weighted by atomic mass is 9.92. The van der Waals surface area contributed by atoms with E-state index in [1.807, 2.05) is 0 Å². The van der Waals surface area contributed by atoms with Gasteiger partial charge in [0.1, 0.15) is 0 Å². The van der Waals surface area contributed by atoms with Crippen LogP contribution >= 0.6 is 15.9 Å². The van der Waals surface area contributed by atoms with Crippen molar-refractivity contribution in [1.82, 2.24) is 0 Å². The molecule has 0 bridgehead atoms. The Hall–Kier alpha value is -1.12. The number of rotatable bonds is 4. The summed E-state index contributed by atoms with van der Waals surface area (Å²) in [5.74, 6) is -1.17. The third-order valence-electron chi connectivity index (χ3n) is 2.86. The molecule has 0 aliphatic carbocycles. The van der Waals surface area contributed by atoms with E-state index in [0.29, 0.717) is 6.92 Å². The molecule has 8 heteroatoms. The summed E-state index contributed by atoms with van der Waals surface area (Å²) >= 11 is 3.03. The van der Waals surface area contributed by atoms with Gasteiger partial charge in [-0.1, -0.05) is 22.0 Å². The Morgan fingerprint density at radius 3 is 2.40 bits per heavy atom. The van der Waals surface area contributed by atoms with Gasteiger partial charge in [-0.2, -0.15) is 13.2 Å². The minimum atomic E-state index is -4.86. The van der Waals surface area contributed by atoms with E-state index in [4.69, 9.17) is 10.8 Å². The second-order valence-electron chi connectivity index (χ2n) is 4.55. The fraction of sp³-hybridized carbons (Fsp3) is 0.417. The van der Waals surface area contributed by atoms with Crippen LogP contribution in [-0.4, -0.2) is 22.4 Å². The summed E-state index contributed by atoms with van der Waals surface area (Å²) in [6, 6.07) is 2.63. The first kappa shape index (κ1) is 16.9. The van der Waals surface area contributed by atoms with Gasteiger partial charge in [0.15, 0.2) is 5.60 Å². The Bertz CT molecular complexity index is 517. The maximum Gasteiger partial charge on any atom is 0.421 e. The Labute approximate surface area is 121 Å². The van der Waals surface area contributed by atoms with Gasteiger partial charge < -0.3 is 15.9 Å². The Morgan fingerprint density at radius 2 is 1.95 bits per heavy atom. The SMILES string of the molecule is CC(O)(c1cc(Br)cc(C(N)CC(=O)O)c1)C(F)(F)F. The number of aliphatic hydroxyl groups is 1. The summed E-state index contributed by atoms with van der Waals surface area (Å²) in [7, 11) is 0. The number of hydrogen-bond acceptors (Lipinski definition) is 3. The van der Waals surface area contributed by atoms with E-state index < -0.39 is 35.8 Å². The fourth-order valence-corrected chi connectivity index (χ4v) is 2.09. The molecule has 112 valence electrons. The van der Waals surface area contributed by atoms with Gasteiger partial charge >= 0.3 is 12.1 Å².